The molecule has 15 heavy (non-hydrogen) atoms. The molecule has 2 atom stereocenters. The molecule has 1 saturated carbocycles. The normalized spacial score (nSPS) is 28.5. The first-order valence-electron chi connectivity index (χ1n) is 5.89. The van der Waals surface area contributed by atoms with Gasteiger partial charge in [0, 0.05) is 19.3 Å². The molecule has 0 radical (unpaired) electrons. The van der Waals surface area contributed by atoms with Crippen molar-refractivity contribution >= 4 is 5.91 Å². The molecule has 2 rings (SSSR count). The standard InChI is InChI=1S/C11H20N2O2/c12-10(11(14)13-9-3-4-9)6-8-2-1-5-15-7-8/h8-10H,1-7,12H2,(H,13,14)/t8?,10-/m0/s1. The summed E-state index contributed by atoms with van der Waals surface area (Å²) in [6, 6.07) is 0.0588. The number of hydrogen-bond donors (Lipinski definition) is 2. The maximum absolute atomic E-state index is 11.6. The van der Waals surface area contributed by atoms with Crippen LogP contribution in [0.15, 0.2) is 0 Å². The van der Waals surface area contributed by atoms with Crippen LogP contribution in [0.1, 0.15) is 32.1 Å². The van der Waals surface area contributed by atoms with Gasteiger partial charge < -0.3 is 15.8 Å². The molecule has 4 heteroatoms. The molecule has 0 aromatic heterocycles. The van der Waals surface area contributed by atoms with E-state index in [4.69, 9.17) is 10.5 Å². The Bertz CT molecular complexity index is 223. The Labute approximate surface area is 90.5 Å². The molecule has 1 amide bonds. The number of nitrogens with two attached hydrogens (primary N) is 1. The summed E-state index contributed by atoms with van der Waals surface area (Å²) in [4.78, 5) is 11.6. The van der Waals surface area contributed by atoms with Crippen molar-refractivity contribution in [3.05, 3.63) is 0 Å². The number of ether oxygens (including phenoxy) is 1. The molecule has 0 spiro atoms. The van der Waals surface area contributed by atoms with E-state index in [1.54, 1.807) is 0 Å². The van der Waals surface area contributed by atoms with E-state index in [9.17, 15) is 4.79 Å². The number of hydrogen-bond acceptors (Lipinski definition) is 3. The van der Waals surface area contributed by atoms with Gasteiger partial charge in [0.15, 0.2) is 0 Å². The molecule has 1 aliphatic heterocycles. The van der Waals surface area contributed by atoms with Gasteiger partial charge in [-0.1, -0.05) is 0 Å². The largest absolute Gasteiger partial charge is 0.381 e. The average Bonchev–Trinajstić information content (AvgIpc) is 3.03. The third-order valence-corrected chi connectivity index (χ3v) is 3.10. The summed E-state index contributed by atoms with van der Waals surface area (Å²) in [5, 5.41) is 2.94. The average molecular weight is 212 g/mol. The van der Waals surface area contributed by atoms with Gasteiger partial charge in [-0.05, 0) is 38.0 Å². The molecule has 2 aliphatic rings. The van der Waals surface area contributed by atoms with E-state index >= 15 is 0 Å². The van der Waals surface area contributed by atoms with Crippen LogP contribution in [-0.2, 0) is 9.53 Å². The van der Waals surface area contributed by atoms with Gasteiger partial charge >= 0.3 is 0 Å². The van der Waals surface area contributed by atoms with Crippen molar-refractivity contribution in [1.82, 2.24) is 5.32 Å². The lowest BCUT2D eigenvalue weighted by Crippen LogP contribution is -2.43. The molecule has 3 N–H and O–H groups in total. The number of rotatable bonds is 4. The molecule has 1 aliphatic carbocycles. The molecule has 1 saturated heterocycles. The van der Waals surface area contributed by atoms with Crippen LogP contribution in [0.4, 0.5) is 0 Å². The van der Waals surface area contributed by atoms with Gasteiger partial charge in [0.1, 0.15) is 0 Å². The molecule has 0 aromatic carbocycles. The second-order valence-electron chi connectivity index (χ2n) is 4.71. The first-order valence-corrected chi connectivity index (χ1v) is 5.89. The minimum absolute atomic E-state index is 0.0167. The van der Waals surface area contributed by atoms with Gasteiger partial charge in [-0.3, -0.25) is 4.79 Å². The molecule has 1 unspecified atom stereocenters. The summed E-state index contributed by atoms with van der Waals surface area (Å²) in [7, 11) is 0. The number of amides is 1. The van der Waals surface area contributed by atoms with Gasteiger partial charge in [-0.15, -0.1) is 0 Å². The SMILES string of the molecule is N[C@@H](CC1CCCOC1)C(=O)NC1CC1. The number of carbonyl (C=O) groups excluding carboxylic acids is 1. The highest BCUT2D eigenvalue weighted by atomic mass is 16.5. The third-order valence-electron chi connectivity index (χ3n) is 3.10. The highest BCUT2D eigenvalue weighted by molar-refractivity contribution is 5.82. The van der Waals surface area contributed by atoms with E-state index in [0.29, 0.717) is 12.0 Å². The van der Waals surface area contributed by atoms with Crippen molar-refractivity contribution in [3.8, 4) is 0 Å². The van der Waals surface area contributed by atoms with Gasteiger partial charge in [-0.25, -0.2) is 0 Å². The summed E-state index contributed by atoms with van der Waals surface area (Å²) in [6.07, 6.45) is 5.24. The molecule has 2 fully saturated rings. The lowest BCUT2D eigenvalue weighted by molar-refractivity contribution is -0.123. The molecular formula is C11H20N2O2. The lowest BCUT2D eigenvalue weighted by atomic mass is 9.94. The topological polar surface area (TPSA) is 64.3 Å². The Balaban J connectivity index is 1.69. The van der Waals surface area contributed by atoms with Crippen molar-refractivity contribution in [2.24, 2.45) is 11.7 Å². The molecule has 86 valence electrons. The van der Waals surface area contributed by atoms with E-state index in [1.165, 1.54) is 0 Å². The monoisotopic (exact) mass is 212 g/mol. The fourth-order valence-corrected chi connectivity index (χ4v) is 2.00. The molecule has 4 nitrogen and oxygen atoms in total. The van der Waals surface area contributed by atoms with Crippen LogP contribution in [0, 0.1) is 5.92 Å². The lowest BCUT2D eigenvalue weighted by Gasteiger charge is -2.24. The maximum atomic E-state index is 11.6. The van der Waals surface area contributed by atoms with Gasteiger partial charge in [0.25, 0.3) is 0 Å². The Hall–Kier alpha value is -0.610. The maximum Gasteiger partial charge on any atom is 0.237 e. The van der Waals surface area contributed by atoms with E-state index in [2.05, 4.69) is 5.32 Å². The summed E-state index contributed by atoms with van der Waals surface area (Å²) < 4.78 is 5.37. The predicted octanol–water partition coefficient (Wildman–Crippen LogP) is 0.409. The fourth-order valence-electron chi connectivity index (χ4n) is 2.00. The first-order chi connectivity index (χ1) is 7.25. The van der Waals surface area contributed by atoms with Gasteiger partial charge in [0.2, 0.25) is 5.91 Å². The van der Waals surface area contributed by atoms with Crippen LogP contribution in [0.5, 0.6) is 0 Å². The Morgan fingerprint density at radius 2 is 2.27 bits per heavy atom. The first kappa shape index (κ1) is 10.9. The zero-order chi connectivity index (χ0) is 10.7. The number of carbonyl (C=O) groups is 1. The summed E-state index contributed by atoms with van der Waals surface area (Å²) in [5.74, 6) is 0.488. The molecular weight excluding hydrogens is 192 g/mol. The van der Waals surface area contributed by atoms with E-state index in [1.807, 2.05) is 0 Å². The summed E-state index contributed by atoms with van der Waals surface area (Å²) in [5.41, 5.74) is 5.86. The van der Waals surface area contributed by atoms with Crippen molar-refractivity contribution in [2.75, 3.05) is 13.2 Å². The second kappa shape index (κ2) is 4.94. The van der Waals surface area contributed by atoms with Crippen LogP contribution >= 0.6 is 0 Å². The highest BCUT2D eigenvalue weighted by Gasteiger charge is 2.27. The van der Waals surface area contributed by atoms with Crippen LogP contribution in [0.25, 0.3) is 0 Å². The van der Waals surface area contributed by atoms with Crippen molar-refractivity contribution in [1.29, 1.82) is 0 Å². The van der Waals surface area contributed by atoms with Crippen LogP contribution in [0.2, 0.25) is 0 Å². The van der Waals surface area contributed by atoms with Crippen molar-refractivity contribution < 1.29 is 9.53 Å². The Morgan fingerprint density at radius 3 is 2.87 bits per heavy atom. The van der Waals surface area contributed by atoms with E-state index in [0.717, 1.165) is 45.3 Å². The van der Waals surface area contributed by atoms with Crippen LogP contribution in [-0.4, -0.2) is 31.2 Å². The quantitative estimate of drug-likeness (QED) is 0.709. The van der Waals surface area contributed by atoms with Gasteiger partial charge in [0.05, 0.1) is 6.04 Å². The van der Waals surface area contributed by atoms with Gasteiger partial charge in [-0.2, -0.15) is 0 Å². The number of nitrogens with one attached hydrogen (secondary N) is 1. The summed E-state index contributed by atoms with van der Waals surface area (Å²) in [6.45, 7) is 1.63. The Kier molecular flexibility index (Phi) is 3.59. The molecule has 1 heterocycles. The van der Waals surface area contributed by atoms with Crippen molar-refractivity contribution in [2.45, 2.75) is 44.2 Å². The zero-order valence-corrected chi connectivity index (χ0v) is 9.08. The molecule has 0 bridgehead atoms. The third kappa shape index (κ3) is 3.47. The zero-order valence-electron chi connectivity index (χ0n) is 9.08. The van der Waals surface area contributed by atoms with Crippen LogP contribution in [0.3, 0.4) is 0 Å². The predicted molar refractivity (Wildman–Crippen MR) is 57.3 cm³/mol. The minimum Gasteiger partial charge on any atom is -0.381 e. The smallest absolute Gasteiger partial charge is 0.237 e. The summed E-state index contributed by atoms with van der Waals surface area (Å²) >= 11 is 0. The fraction of sp³-hybridized carbons (Fsp3) is 0.909. The van der Waals surface area contributed by atoms with Crippen LogP contribution < -0.4 is 11.1 Å². The molecule has 0 aromatic rings. The van der Waals surface area contributed by atoms with E-state index < -0.39 is 0 Å². The van der Waals surface area contributed by atoms with Crippen molar-refractivity contribution in [3.63, 3.8) is 0 Å². The minimum atomic E-state index is -0.350. The second-order valence-corrected chi connectivity index (χ2v) is 4.71. The van der Waals surface area contributed by atoms with E-state index in [-0.39, 0.29) is 11.9 Å². The Morgan fingerprint density at radius 1 is 1.47 bits per heavy atom. The highest BCUT2D eigenvalue weighted by Crippen LogP contribution is 2.21.